The number of hydrazine groups is 1. The van der Waals surface area contributed by atoms with Gasteiger partial charge in [0.1, 0.15) is 5.82 Å². The second kappa shape index (κ2) is 6.51. The first-order valence-corrected chi connectivity index (χ1v) is 9.09. The molecule has 3 aliphatic rings. The Labute approximate surface area is 154 Å². The summed E-state index contributed by atoms with van der Waals surface area (Å²) in [6.07, 6.45) is 0.900. The van der Waals surface area contributed by atoms with Gasteiger partial charge in [-0.1, -0.05) is 6.07 Å². The van der Waals surface area contributed by atoms with Crippen molar-refractivity contribution in [2.45, 2.75) is 56.2 Å². The molecule has 146 valence electrons. The maximum Gasteiger partial charge on any atom is 0.270 e. The largest absolute Gasteiger partial charge is 0.333 e. The van der Waals surface area contributed by atoms with Gasteiger partial charge in [-0.25, -0.2) is 18.6 Å². The molecule has 0 bridgehead atoms. The Bertz CT molecular complexity index is 791. The van der Waals surface area contributed by atoms with Crippen LogP contribution in [0.25, 0.3) is 0 Å². The van der Waals surface area contributed by atoms with Crippen molar-refractivity contribution in [1.29, 1.82) is 0 Å². The molecule has 1 aromatic rings. The number of alkyl halides is 2. The fourth-order valence-corrected chi connectivity index (χ4v) is 3.64. The number of amides is 1. The average Bonchev–Trinajstić information content (AvgIpc) is 3.52. The van der Waals surface area contributed by atoms with E-state index in [1.807, 2.05) is 0 Å². The smallest absolute Gasteiger partial charge is 0.270 e. The van der Waals surface area contributed by atoms with E-state index in [0.717, 1.165) is 23.4 Å². The lowest BCUT2D eigenvalue weighted by atomic mass is 9.97. The topological polar surface area (TPSA) is 35.6 Å². The number of carbonyl (C=O) groups excluding carboxylic acids is 1. The highest BCUT2D eigenvalue weighted by Crippen LogP contribution is 2.43. The van der Waals surface area contributed by atoms with E-state index < -0.39 is 29.6 Å². The van der Waals surface area contributed by atoms with Crippen molar-refractivity contribution in [3.05, 3.63) is 47.2 Å². The van der Waals surface area contributed by atoms with Crippen LogP contribution in [-0.2, 0) is 11.3 Å². The summed E-state index contributed by atoms with van der Waals surface area (Å²) in [5, 5.41) is 0.785. The van der Waals surface area contributed by atoms with Crippen molar-refractivity contribution < 1.29 is 22.4 Å². The number of nitrogens with one attached hydrogen (secondary N) is 1. The van der Waals surface area contributed by atoms with Crippen LogP contribution >= 0.6 is 0 Å². The standard InChI is InChI=1S/C19H21F4N3O/c1-25-16(21)9-19(24-25,17(22)23)18(27)26(14-5-6-14)10-12-8-13(20)4-7-15(12)11-2-3-11/h4,7-9,11,14,17,24H,2-3,5-6,10H2,1H3. The zero-order valence-corrected chi connectivity index (χ0v) is 14.9. The van der Waals surface area contributed by atoms with Crippen LogP contribution in [0.2, 0.25) is 0 Å². The molecule has 1 aromatic carbocycles. The molecule has 8 heteroatoms. The Morgan fingerprint density at radius 1 is 1.30 bits per heavy atom. The van der Waals surface area contributed by atoms with Crippen molar-refractivity contribution >= 4 is 5.91 Å². The normalized spacial score (nSPS) is 25.1. The van der Waals surface area contributed by atoms with Gasteiger partial charge >= 0.3 is 0 Å². The average molecular weight is 383 g/mol. The van der Waals surface area contributed by atoms with Gasteiger partial charge in [0, 0.05) is 25.7 Å². The monoisotopic (exact) mass is 383 g/mol. The maximum atomic E-state index is 13.8. The molecule has 2 aliphatic carbocycles. The number of rotatable bonds is 6. The van der Waals surface area contributed by atoms with Gasteiger partial charge in [0.2, 0.25) is 5.95 Å². The SMILES string of the molecule is CN1NC(C(=O)N(Cc2cc(F)ccc2C2CC2)C2CC2)(C(F)F)C=C1F. The molecule has 0 radical (unpaired) electrons. The van der Waals surface area contributed by atoms with Crippen molar-refractivity contribution in [2.75, 3.05) is 7.05 Å². The third-order valence-electron chi connectivity index (χ3n) is 5.43. The molecule has 0 saturated heterocycles. The minimum Gasteiger partial charge on any atom is -0.333 e. The molecule has 1 aliphatic heterocycles. The van der Waals surface area contributed by atoms with Gasteiger partial charge in [0.25, 0.3) is 12.3 Å². The Balaban J connectivity index is 1.66. The van der Waals surface area contributed by atoms with Gasteiger partial charge < -0.3 is 4.90 Å². The van der Waals surface area contributed by atoms with E-state index >= 15 is 0 Å². The fraction of sp³-hybridized carbons (Fsp3) is 0.526. The Morgan fingerprint density at radius 3 is 2.52 bits per heavy atom. The summed E-state index contributed by atoms with van der Waals surface area (Å²) in [6.45, 7) is 0.0441. The first-order valence-electron chi connectivity index (χ1n) is 9.09. The molecule has 0 aromatic heterocycles. The lowest BCUT2D eigenvalue weighted by molar-refractivity contribution is -0.145. The molecular weight excluding hydrogens is 362 g/mol. The Hall–Kier alpha value is -2.09. The Morgan fingerprint density at radius 2 is 2.00 bits per heavy atom. The van der Waals surface area contributed by atoms with Gasteiger partial charge in [0.15, 0.2) is 5.54 Å². The molecule has 2 fully saturated rings. The molecule has 1 N–H and O–H groups in total. The molecule has 0 spiro atoms. The van der Waals surface area contributed by atoms with Gasteiger partial charge in [-0.2, -0.15) is 4.39 Å². The van der Waals surface area contributed by atoms with Crippen LogP contribution in [0.4, 0.5) is 17.6 Å². The maximum absolute atomic E-state index is 13.8. The van der Waals surface area contributed by atoms with Crippen LogP contribution in [0.5, 0.6) is 0 Å². The number of hydrogen-bond donors (Lipinski definition) is 1. The number of nitrogens with zero attached hydrogens (tertiary/aromatic N) is 2. The second-order valence-electron chi connectivity index (χ2n) is 7.59. The predicted molar refractivity (Wildman–Crippen MR) is 90.8 cm³/mol. The second-order valence-corrected chi connectivity index (χ2v) is 7.59. The van der Waals surface area contributed by atoms with E-state index in [2.05, 4.69) is 5.43 Å². The highest BCUT2D eigenvalue weighted by atomic mass is 19.3. The summed E-state index contributed by atoms with van der Waals surface area (Å²) in [5.41, 5.74) is 1.44. The predicted octanol–water partition coefficient (Wildman–Crippen LogP) is 3.46. The van der Waals surface area contributed by atoms with E-state index in [9.17, 15) is 22.4 Å². The molecule has 1 unspecified atom stereocenters. The molecule has 4 nitrogen and oxygen atoms in total. The lowest BCUT2D eigenvalue weighted by Gasteiger charge is -2.34. The summed E-state index contributed by atoms with van der Waals surface area (Å²) in [4.78, 5) is 14.5. The van der Waals surface area contributed by atoms with Crippen molar-refractivity contribution in [2.24, 2.45) is 0 Å². The molecule has 27 heavy (non-hydrogen) atoms. The van der Waals surface area contributed by atoms with E-state index in [1.165, 1.54) is 24.1 Å². The zero-order valence-electron chi connectivity index (χ0n) is 14.9. The number of carbonyl (C=O) groups is 1. The summed E-state index contributed by atoms with van der Waals surface area (Å²) in [6, 6.07) is 4.28. The van der Waals surface area contributed by atoms with Gasteiger partial charge in [-0.05, 0) is 54.9 Å². The summed E-state index contributed by atoms with van der Waals surface area (Å²) in [5.74, 6) is -1.91. The highest BCUT2D eigenvalue weighted by molar-refractivity contribution is 5.90. The first kappa shape index (κ1) is 18.3. The third-order valence-corrected chi connectivity index (χ3v) is 5.43. The first-order chi connectivity index (χ1) is 12.8. The van der Waals surface area contributed by atoms with Crippen LogP contribution < -0.4 is 5.43 Å². The number of halogens is 4. The van der Waals surface area contributed by atoms with Gasteiger partial charge in [-0.3, -0.25) is 9.80 Å². The Kier molecular flexibility index (Phi) is 4.41. The lowest BCUT2D eigenvalue weighted by Crippen LogP contribution is -2.61. The molecule has 2 saturated carbocycles. The fourth-order valence-electron chi connectivity index (χ4n) is 3.64. The minimum atomic E-state index is -3.13. The van der Waals surface area contributed by atoms with Crippen molar-refractivity contribution in [1.82, 2.24) is 15.3 Å². The summed E-state index contributed by atoms with van der Waals surface area (Å²) in [7, 11) is 1.24. The number of benzene rings is 1. The quantitative estimate of drug-likeness (QED) is 0.604. The highest BCUT2D eigenvalue weighted by Gasteiger charge is 2.54. The van der Waals surface area contributed by atoms with Crippen LogP contribution in [0.3, 0.4) is 0 Å². The van der Waals surface area contributed by atoms with E-state index in [0.29, 0.717) is 30.4 Å². The zero-order chi connectivity index (χ0) is 19.3. The molecular formula is C19H21F4N3O. The van der Waals surface area contributed by atoms with Gasteiger partial charge in [-0.15, -0.1) is 0 Å². The minimum absolute atomic E-state index is 0.0441. The van der Waals surface area contributed by atoms with Crippen LogP contribution in [0.1, 0.15) is 42.7 Å². The molecule has 1 amide bonds. The van der Waals surface area contributed by atoms with Crippen LogP contribution in [0, 0.1) is 5.82 Å². The van der Waals surface area contributed by atoms with E-state index in [1.54, 1.807) is 6.07 Å². The van der Waals surface area contributed by atoms with Crippen molar-refractivity contribution in [3.8, 4) is 0 Å². The van der Waals surface area contributed by atoms with Crippen LogP contribution in [-0.4, -0.2) is 40.9 Å². The third kappa shape index (κ3) is 3.31. The molecule has 4 rings (SSSR count). The van der Waals surface area contributed by atoms with E-state index in [4.69, 9.17) is 0 Å². The summed E-state index contributed by atoms with van der Waals surface area (Å²) < 4.78 is 55.3. The summed E-state index contributed by atoms with van der Waals surface area (Å²) >= 11 is 0. The van der Waals surface area contributed by atoms with E-state index in [-0.39, 0.29) is 12.6 Å². The number of hydrogen-bond acceptors (Lipinski definition) is 3. The van der Waals surface area contributed by atoms with Crippen LogP contribution in [0.15, 0.2) is 30.2 Å². The molecule has 1 heterocycles. The molecule has 1 atom stereocenters. The van der Waals surface area contributed by atoms with Crippen molar-refractivity contribution in [3.63, 3.8) is 0 Å². The van der Waals surface area contributed by atoms with Gasteiger partial charge in [0.05, 0.1) is 0 Å².